The Bertz CT molecular complexity index is 1370. The van der Waals surface area contributed by atoms with E-state index in [1.807, 2.05) is 61.5 Å². The van der Waals surface area contributed by atoms with Crippen LogP contribution in [0.2, 0.25) is 0 Å². The van der Waals surface area contributed by atoms with E-state index in [9.17, 15) is 9.59 Å². The van der Waals surface area contributed by atoms with Gasteiger partial charge in [0.05, 0.1) is 19.3 Å². The molecule has 0 saturated carbocycles. The van der Waals surface area contributed by atoms with Gasteiger partial charge in [-0.15, -0.1) is 0 Å². The van der Waals surface area contributed by atoms with Crippen LogP contribution < -0.4 is 14.8 Å². The van der Waals surface area contributed by atoms with Gasteiger partial charge in [-0.2, -0.15) is 0 Å². The van der Waals surface area contributed by atoms with Crippen LogP contribution in [0.1, 0.15) is 33.5 Å². The summed E-state index contributed by atoms with van der Waals surface area (Å²) in [5.41, 5.74) is 4.55. The maximum atomic E-state index is 13.5. The number of carboxylic acids is 1. The van der Waals surface area contributed by atoms with Gasteiger partial charge in [-0.1, -0.05) is 54.6 Å². The number of aryl methyl sites for hydroxylation is 1. The Balaban J connectivity index is 1.29. The molecule has 2 atom stereocenters. The summed E-state index contributed by atoms with van der Waals surface area (Å²) in [6.07, 6.45) is 3.00. The summed E-state index contributed by atoms with van der Waals surface area (Å²) in [4.78, 5) is 26.7. The first-order valence-corrected chi connectivity index (χ1v) is 14.0. The Labute approximate surface area is 240 Å². The van der Waals surface area contributed by atoms with Gasteiger partial charge in [-0.05, 0) is 66.4 Å². The number of morpholine rings is 1. The second-order valence-corrected chi connectivity index (χ2v) is 10.3. The zero-order valence-electron chi connectivity index (χ0n) is 23.3. The number of carboxylic acid groups (broad SMARTS) is 1. The molecular formula is C33H36N2O6. The van der Waals surface area contributed by atoms with Crippen LogP contribution in [0.4, 0.5) is 0 Å². The van der Waals surface area contributed by atoms with E-state index in [1.165, 1.54) is 0 Å². The van der Waals surface area contributed by atoms with E-state index < -0.39 is 5.97 Å². The van der Waals surface area contributed by atoms with Crippen LogP contribution in [0.25, 0.3) is 5.57 Å². The summed E-state index contributed by atoms with van der Waals surface area (Å²) in [5, 5.41) is 12.3. The van der Waals surface area contributed by atoms with Crippen molar-refractivity contribution in [3.05, 3.63) is 101 Å². The third-order valence-electron chi connectivity index (χ3n) is 7.59. The van der Waals surface area contributed by atoms with E-state index in [0.717, 1.165) is 61.5 Å². The highest BCUT2D eigenvalue weighted by molar-refractivity contribution is 6.01. The van der Waals surface area contributed by atoms with Gasteiger partial charge in [0.1, 0.15) is 18.1 Å². The highest BCUT2D eigenvalue weighted by Gasteiger charge is 2.37. The van der Waals surface area contributed by atoms with Gasteiger partial charge >= 0.3 is 5.97 Å². The van der Waals surface area contributed by atoms with Crippen LogP contribution in [0.15, 0.2) is 78.9 Å². The molecule has 1 unspecified atom stereocenters. The van der Waals surface area contributed by atoms with Gasteiger partial charge in [-0.25, -0.2) is 4.79 Å². The fraction of sp³-hybridized carbons (Fsp3) is 0.333. The number of benzene rings is 3. The molecule has 2 fully saturated rings. The average Bonchev–Trinajstić information content (AvgIpc) is 3.50. The molecule has 2 aliphatic heterocycles. The summed E-state index contributed by atoms with van der Waals surface area (Å²) >= 11 is 0. The lowest BCUT2D eigenvalue weighted by Crippen LogP contribution is -2.51. The first-order chi connectivity index (χ1) is 20.0. The topological polar surface area (TPSA) is 97.3 Å². The molecule has 0 amide bonds. The SMILES string of the molecule is Cc1cc(OC/C=C(\c2ccccc2)c2ccc(C(=O)[C@H]3NCCC3N3CCOCC3)cc2)ccc1OCC(=O)O. The van der Waals surface area contributed by atoms with E-state index >= 15 is 0 Å². The van der Waals surface area contributed by atoms with Crippen molar-refractivity contribution in [3.63, 3.8) is 0 Å². The predicted octanol–water partition coefficient (Wildman–Crippen LogP) is 4.21. The Morgan fingerprint density at radius 1 is 0.976 bits per heavy atom. The van der Waals surface area contributed by atoms with E-state index in [0.29, 0.717) is 23.7 Å². The number of nitrogens with zero attached hydrogens (tertiary/aromatic N) is 1. The standard InChI is InChI=1S/C33H36N2O6/c1-23-21-27(11-12-30(23)41-22-31(36)37)40-18-14-28(24-5-3-2-4-6-24)25-7-9-26(10-8-25)33(38)32-29(13-15-34-32)35-16-19-39-20-17-35/h2-12,14,21,29,32,34H,13,15-20,22H2,1H3,(H,36,37)/b28-14+/t29?,32-/m0/s1. The molecule has 8 heteroatoms. The van der Waals surface area contributed by atoms with Crippen molar-refractivity contribution >= 4 is 17.3 Å². The van der Waals surface area contributed by atoms with Crippen LogP contribution in [-0.2, 0) is 9.53 Å². The molecule has 3 aromatic carbocycles. The van der Waals surface area contributed by atoms with E-state index in [-0.39, 0.29) is 24.5 Å². The molecule has 0 spiro atoms. The minimum absolute atomic E-state index is 0.130. The lowest BCUT2D eigenvalue weighted by Gasteiger charge is -2.34. The van der Waals surface area contributed by atoms with Crippen molar-refractivity contribution < 1.29 is 28.9 Å². The zero-order valence-corrected chi connectivity index (χ0v) is 23.3. The normalized spacial score (nSPS) is 19.6. The number of carbonyl (C=O) groups excluding carboxylic acids is 1. The third kappa shape index (κ3) is 7.21. The molecule has 0 aromatic heterocycles. The van der Waals surface area contributed by atoms with Crippen molar-refractivity contribution in [2.24, 2.45) is 0 Å². The molecular weight excluding hydrogens is 520 g/mol. The fourth-order valence-corrected chi connectivity index (χ4v) is 5.51. The first-order valence-electron chi connectivity index (χ1n) is 14.0. The number of carbonyl (C=O) groups is 2. The number of nitrogens with one attached hydrogen (secondary N) is 1. The number of ether oxygens (including phenoxy) is 3. The molecule has 2 heterocycles. The second-order valence-electron chi connectivity index (χ2n) is 10.3. The van der Waals surface area contributed by atoms with Crippen LogP contribution in [0.5, 0.6) is 11.5 Å². The molecule has 2 saturated heterocycles. The Morgan fingerprint density at radius 3 is 2.39 bits per heavy atom. The van der Waals surface area contributed by atoms with Crippen molar-refractivity contribution in [1.29, 1.82) is 0 Å². The van der Waals surface area contributed by atoms with Crippen LogP contribution in [0, 0.1) is 6.92 Å². The number of hydrogen-bond donors (Lipinski definition) is 2. The summed E-state index contributed by atoms with van der Waals surface area (Å²) < 4.78 is 16.8. The third-order valence-corrected chi connectivity index (χ3v) is 7.59. The van der Waals surface area contributed by atoms with E-state index in [4.69, 9.17) is 19.3 Å². The number of rotatable bonds is 11. The van der Waals surface area contributed by atoms with Gasteiger partial charge in [0.25, 0.3) is 0 Å². The van der Waals surface area contributed by atoms with Crippen molar-refractivity contribution in [3.8, 4) is 11.5 Å². The van der Waals surface area contributed by atoms with E-state index in [2.05, 4.69) is 22.3 Å². The maximum absolute atomic E-state index is 13.5. The van der Waals surface area contributed by atoms with Gasteiger partial charge in [-0.3, -0.25) is 9.69 Å². The smallest absolute Gasteiger partial charge is 0.341 e. The van der Waals surface area contributed by atoms with Crippen LogP contribution >= 0.6 is 0 Å². The molecule has 5 rings (SSSR count). The molecule has 0 aliphatic carbocycles. The number of Topliss-reactive ketones (excluding diaryl/α,β-unsaturated/α-hetero) is 1. The average molecular weight is 557 g/mol. The highest BCUT2D eigenvalue weighted by Crippen LogP contribution is 2.27. The Kier molecular flexibility index (Phi) is 9.46. The molecule has 8 nitrogen and oxygen atoms in total. The Morgan fingerprint density at radius 2 is 1.68 bits per heavy atom. The quantitative estimate of drug-likeness (QED) is 0.339. The predicted molar refractivity (Wildman–Crippen MR) is 157 cm³/mol. The largest absolute Gasteiger partial charge is 0.489 e. The summed E-state index contributed by atoms with van der Waals surface area (Å²) in [6.45, 7) is 5.80. The fourth-order valence-electron chi connectivity index (χ4n) is 5.51. The molecule has 0 bridgehead atoms. The minimum Gasteiger partial charge on any atom is -0.489 e. The molecule has 41 heavy (non-hydrogen) atoms. The molecule has 0 radical (unpaired) electrons. The molecule has 214 valence electrons. The summed E-state index contributed by atoms with van der Waals surface area (Å²) in [6, 6.07) is 23.2. The number of hydrogen-bond acceptors (Lipinski definition) is 7. The van der Waals surface area contributed by atoms with Crippen molar-refractivity contribution in [1.82, 2.24) is 10.2 Å². The lowest BCUT2D eigenvalue weighted by atomic mass is 9.93. The number of ketones is 1. The first kappa shape index (κ1) is 28.5. The van der Waals surface area contributed by atoms with Gasteiger partial charge < -0.3 is 24.6 Å². The van der Waals surface area contributed by atoms with E-state index in [1.54, 1.807) is 12.1 Å². The molecule has 2 aliphatic rings. The van der Waals surface area contributed by atoms with Crippen LogP contribution in [-0.4, -0.2) is 79.9 Å². The van der Waals surface area contributed by atoms with Crippen molar-refractivity contribution in [2.45, 2.75) is 25.4 Å². The molecule has 2 N–H and O–H groups in total. The summed E-state index contributed by atoms with van der Waals surface area (Å²) in [5.74, 6) is 0.283. The van der Waals surface area contributed by atoms with Gasteiger partial charge in [0, 0.05) is 24.7 Å². The maximum Gasteiger partial charge on any atom is 0.341 e. The molecule has 3 aromatic rings. The monoisotopic (exact) mass is 556 g/mol. The highest BCUT2D eigenvalue weighted by atomic mass is 16.5. The second kappa shape index (κ2) is 13.6. The zero-order chi connectivity index (χ0) is 28.6. The Hall–Kier alpha value is -3.98. The number of aliphatic carboxylic acids is 1. The van der Waals surface area contributed by atoms with Crippen LogP contribution in [0.3, 0.4) is 0 Å². The van der Waals surface area contributed by atoms with Gasteiger partial charge in [0.2, 0.25) is 0 Å². The summed E-state index contributed by atoms with van der Waals surface area (Å²) in [7, 11) is 0. The lowest BCUT2D eigenvalue weighted by molar-refractivity contribution is -0.139. The minimum atomic E-state index is -1.02. The van der Waals surface area contributed by atoms with Gasteiger partial charge in [0.15, 0.2) is 12.4 Å². The van der Waals surface area contributed by atoms with Crippen molar-refractivity contribution in [2.75, 3.05) is 46.1 Å².